The molecule has 9 heteroatoms. The Hall–Kier alpha value is -2.29. The van der Waals surface area contributed by atoms with E-state index in [-0.39, 0.29) is 10.5 Å². The highest BCUT2D eigenvalue weighted by Gasteiger charge is 2.19. The van der Waals surface area contributed by atoms with Crippen LogP contribution in [0.25, 0.3) is 0 Å². The van der Waals surface area contributed by atoms with Gasteiger partial charge in [-0.25, -0.2) is 8.42 Å². The van der Waals surface area contributed by atoms with E-state index in [0.717, 1.165) is 0 Å². The van der Waals surface area contributed by atoms with Gasteiger partial charge in [-0.05, 0) is 36.4 Å². The third-order valence-corrected chi connectivity index (χ3v) is 4.93. The fraction of sp³-hybridized carbons (Fsp3) is 0.188. The lowest BCUT2D eigenvalue weighted by molar-refractivity contribution is 0.0945. The molecular weight excluding hydrogens is 368 g/mol. The van der Waals surface area contributed by atoms with Crippen molar-refractivity contribution in [2.75, 3.05) is 13.2 Å². The van der Waals surface area contributed by atoms with Crippen molar-refractivity contribution in [2.24, 2.45) is 0 Å². The summed E-state index contributed by atoms with van der Waals surface area (Å²) in [5.41, 5.74) is 2.43. The molecule has 2 aromatic rings. The van der Waals surface area contributed by atoms with Crippen molar-refractivity contribution in [2.45, 2.75) is 11.3 Å². The first kappa shape index (κ1) is 17.5. The van der Waals surface area contributed by atoms with Gasteiger partial charge in [0.05, 0.1) is 18.1 Å². The van der Waals surface area contributed by atoms with E-state index in [1.807, 2.05) is 0 Å². The highest BCUT2D eigenvalue weighted by molar-refractivity contribution is 7.89. The van der Waals surface area contributed by atoms with Gasteiger partial charge in [-0.3, -0.25) is 10.2 Å². The minimum Gasteiger partial charge on any atom is -0.490 e. The first-order valence-corrected chi connectivity index (χ1v) is 9.29. The Bertz CT molecular complexity index is 884. The molecule has 1 heterocycles. The van der Waals surface area contributed by atoms with E-state index in [1.54, 1.807) is 0 Å². The summed E-state index contributed by atoms with van der Waals surface area (Å²) < 4.78 is 35.6. The average molecular weight is 383 g/mol. The predicted molar refractivity (Wildman–Crippen MR) is 91.3 cm³/mol. The topological polar surface area (TPSA) is 93.7 Å². The summed E-state index contributed by atoms with van der Waals surface area (Å²) in [6.07, 6.45) is 0.714. The molecule has 0 aromatic heterocycles. The first-order valence-electron chi connectivity index (χ1n) is 7.43. The van der Waals surface area contributed by atoms with Crippen molar-refractivity contribution in [1.82, 2.24) is 10.3 Å². The highest BCUT2D eigenvalue weighted by Crippen LogP contribution is 2.31. The predicted octanol–water partition coefficient (Wildman–Crippen LogP) is 2.12. The Morgan fingerprint density at radius 1 is 1.00 bits per heavy atom. The van der Waals surface area contributed by atoms with Crippen LogP contribution in [-0.2, 0) is 10.0 Å². The SMILES string of the molecule is O=C(NNS(=O)(=O)c1ccc2c(c1)OCCCO2)c1ccc(Cl)cc1. The van der Waals surface area contributed by atoms with Crippen LogP contribution in [-0.4, -0.2) is 27.5 Å². The standard InChI is InChI=1S/C16H15ClN2O5S/c17-12-4-2-11(3-5-12)16(20)18-19-25(21,22)13-6-7-14-15(10-13)24-9-1-8-23-14/h2-7,10,19H,1,8-9H2,(H,18,20). The lowest BCUT2D eigenvalue weighted by Gasteiger charge is -2.11. The summed E-state index contributed by atoms with van der Waals surface area (Å²) in [5.74, 6) is 0.237. The molecule has 0 radical (unpaired) electrons. The van der Waals surface area contributed by atoms with Gasteiger partial charge in [-0.2, -0.15) is 0 Å². The molecule has 2 N–H and O–H groups in total. The highest BCUT2D eigenvalue weighted by atomic mass is 35.5. The van der Waals surface area contributed by atoms with Gasteiger partial charge in [0, 0.05) is 23.1 Å². The lowest BCUT2D eigenvalue weighted by Crippen LogP contribution is -2.41. The van der Waals surface area contributed by atoms with E-state index >= 15 is 0 Å². The van der Waals surface area contributed by atoms with Crippen LogP contribution in [0, 0.1) is 0 Å². The first-order chi connectivity index (χ1) is 12.0. The molecule has 1 aliphatic rings. The fourth-order valence-corrected chi connectivity index (χ4v) is 3.14. The Morgan fingerprint density at radius 2 is 1.68 bits per heavy atom. The molecule has 0 saturated heterocycles. The van der Waals surface area contributed by atoms with Gasteiger partial charge < -0.3 is 9.47 Å². The van der Waals surface area contributed by atoms with Crippen LogP contribution in [0.4, 0.5) is 0 Å². The minimum atomic E-state index is -3.96. The molecule has 0 saturated carbocycles. The quantitative estimate of drug-likeness (QED) is 0.790. The molecular formula is C16H15ClN2O5S. The maximum Gasteiger partial charge on any atom is 0.266 e. The van der Waals surface area contributed by atoms with E-state index in [2.05, 4.69) is 10.3 Å². The Labute approximate surface area is 149 Å². The second-order valence-corrected chi connectivity index (χ2v) is 7.34. The number of hydrogen-bond donors (Lipinski definition) is 2. The van der Waals surface area contributed by atoms with Crippen LogP contribution in [0.2, 0.25) is 5.02 Å². The summed E-state index contributed by atoms with van der Waals surface area (Å²) in [5, 5.41) is 0.476. The zero-order valence-electron chi connectivity index (χ0n) is 13.0. The number of rotatable bonds is 4. The summed E-state index contributed by atoms with van der Waals surface area (Å²) in [6.45, 7) is 0.950. The minimum absolute atomic E-state index is 0.0480. The van der Waals surface area contributed by atoms with Gasteiger partial charge in [0.25, 0.3) is 15.9 Å². The fourth-order valence-electron chi connectivity index (χ4n) is 2.16. The number of hydrogen-bond acceptors (Lipinski definition) is 5. The molecule has 1 aliphatic heterocycles. The molecule has 3 rings (SSSR count). The lowest BCUT2D eigenvalue weighted by atomic mass is 10.2. The van der Waals surface area contributed by atoms with Crippen molar-refractivity contribution in [3.63, 3.8) is 0 Å². The van der Waals surface area contributed by atoms with Gasteiger partial charge in [0.15, 0.2) is 11.5 Å². The summed E-state index contributed by atoms with van der Waals surface area (Å²) in [4.78, 5) is 14.0. The number of benzene rings is 2. The maximum absolute atomic E-state index is 12.4. The molecule has 0 fully saturated rings. The van der Waals surface area contributed by atoms with Crippen LogP contribution in [0.5, 0.6) is 11.5 Å². The zero-order chi connectivity index (χ0) is 17.9. The molecule has 0 aliphatic carbocycles. The van der Waals surface area contributed by atoms with Crippen LogP contribution >= 0.6 is 11.6 Å². The molecule has 2 aromatic carbocycles. The van der Waals surface area contributed by atoms with Gasteiger partial charge in [-0.1, -0.05) is 11.6 Å². The number of hydrazine groups is 1. The van der Waals surface area contributed by atoms with Crippen molar-refractivity contribution in [3.8, 4) is 11.5 Å². The zero-order valence-corrected chi connectivity index (χ0v) is 14.6. The Balaban J connectivity index is 1.72. The van der Waals surface area contributed by atoms with E-state index in [1.165, 1.54) is 42.5 Å². The Kier molecular flexibility index (Phi) is 5.12. The summed E-state index contributed by atoms with van der Waals surface area (Å²) >= 11 is 5.75. The molecule has 0 bridgehead atoms. The van der Waals surface area contributed by atoms with Crippen molar-refractivity contribution in [3.05, 3.63) is 53.1 Å². The van der Waals surface area contributed by atoms with Gasteiger partial charge in [-0.15, -0.1) is 4.83 Å². The monoisotopic (exact) mass is 382 g/mol. The van der Waals surface area contributed by atoms with E-state index in [9.17, 15) is 13.2 Å². The number of carbonyl (C=O) groups excluding carboxylic acids is 1. The number of nitrogens with one attached hydrogen (secondary N) is 2. The van der Waals surface area contributed by atoms with E-state index in [4.69, 9.17) is 21.1 Å². The van der Waals surface area contributed by atoms with Crippen molar-refractivity contribution >= 4 is 27.5 Å². The summed E-state index contributed by atoms with van der Waals surface area (Å²) in [6, 6.07) is 10.3. The van der Waals surface area contributed by atoms with Crippen molar-refractivity contribution < 1.29 is 22.7 Å². The van der Waals surface area contributed by atoms with Crippen LogP contribution < -0.4 is 19.7 Å². The molecule has 1 amide bonds. The summed E-state index contributed by atoms with van der Waals surface area (Å²) in [7, 11) is -3.96. The number of fused-ring (bicyclic) bond motifs is 1. The van der Waals surface area contributed by atoms with Gasteiger partial charge in [0.1, 0.15) is 0 Å². The molecule has 7 nitrogen and oxygen atoms in total. The van der Waals surface area contributed by atoms with Crippen molar-refractivity contribution in [1.29, 1.82) is 0 Å². The Morgan fingerprint density at radius 3 is 2.40 bits per heavy atom. The largest absolute Gasteiger partial charge is 0.490 e. The van der Waals surface area contributed by atoms with Crippen LogP contribution in [0.1, 0.15) is 16.8 Å². The normalized spacial score (nSPS) is 13.8. The smallest absolute Gasteiger partial charge is 0.266 e. The molecule has 0 unspecified atom stereocenters. The maximum atomic E-state index is 12.4. The molecule has 132 valence electrons. The molecule has 0 atom stereocenters. The number of ether oxygens (including phenoxy) is 2. The van der Waals surface area contributed by atoms with Crippen LogP contribution in [0.3, 0.4) is 0 Å². The second kappa shape index (κ2) is 7.30. The van der Waals surface area contributed by atoms with Crippen LogP contribution in [0.15, 0.2) is 47.4 Å². The molecule has 25 heavy (non-hydrogen) atoms. The van der Waals surface area contributed by atoms with E-state index < -0.39 is 15.9 Å². The number of halogens is 1. The molecule has 0 spiro atoms. The number of sulfonamides is 1. The number of amides is 1. The average Bonchev–Trinajstić information content (AvgIpc) is 2.85. The van der Waals surface area contributed by atoms with Gasteiger partial charge in [0.2, 0.25) is 0 Å². The van der Waals surface area contributed by atoms with E-state index in [0.29, 0.717) is 36.2 Å². The second-order valence-electron chi connectivity index (χ2n) is 5.23. The third-order valence-electron chi connectivity index (χ3n) is 3.43. The third kappa shape index (κ3) is 4.22. The number of carbonyl (C=O) groups is 1. The van der Waals surface area contributed by atoms with Gasteiger partial charge >= 0.3 is 0 Å².